The third-order valence-electron chi connectivity index (χ3n) is 3.40. The molecule has 0 bridgehead atoms. The summed E-state index contributed by atoms with van der Waals surface area (Å²) >= 11 is 0. The van der Waals surface area contributed by atoms with Gasteiger partial charge in [0, 0.05) is 18.7 Å². The van der Waals surface area contributed by atoms with Crippen LogP contribution in [0.5, 0.6) is 0 Å². The Hall–Kier alpha value is -0.810. The van der Waals surface area contributed by atoms with Gasteiger partial charge in [-0.25, -0.2) is 4.79 Å². The molecule has 0 aromatic carbocycles. The molecule has 0 spiro atoms. The zero-order valence-corrected chi connectivity index (χ0v) is 9.58. The van der Waals surface area contributed by atoms with E-state index in [2.05, 4.69) is 10.6 Å². The number of hydrogen-bond donors (Lipinski definition) is 3. The van der Waals surface area contributed by atoms with Gasteiger partial charge in [0.15, 0.2) is 0 Å². The minimum Gasteiger partial charge on any atom is -0.379 e. The molecule has 0 radical (unpaired) electrons. The zero-order valence-electron chi connectivity index (χ0n) is 9.58. The molecule has 2 amide bonds. The van der Waals surface area contributed by atoms with Crippen molar-refractivity contribution in [2.24, 2.45) is 5.73 Å². The summed E-state index contributed by atoms with van der Waals surface area (Å²) < 4.78 is 5.20. The van der Waals surface area contributed by atoms with Crippen LogP contribution in [0.15, 0.2) is 0 Å². The van der Waals surface area contributed by atoms with Gasteiger partial charge in [-0.05, 0) is 19.3 Å². The van der Waals surface area contributed by atoms with Crippen LogP contribution in [-0.2, 0) is 4.74 Å². The van der Waals surface area contributed by atoms with Gasteiger partial charge in [0.2, 0.25) is 0 Å². The first-order valence-corrected chi connectivity index (χ1v) is 6.16. The van der Waals surface area contributed by atoms with Gasteiger partial charge in [0.1, 0.15) is 0 Å². The highest BCUT2D eigenvalue weighted by molar-refractivity contribution is 5.74. The van der Waals surface area contributed by atoms with E-state index in [1.807, 2.05) is 0 Å². The Labute approximate surface area is 96.1 Å². The molecule has 1 heterocycles. The van der Waals surface area contributed by atoms with Gasteiger partial charge < -0.3 is 21.1 Å². The minimum atomic E-state index is -0.0992. The largest absolute Gasteiger partial charge is 0.379 e. The summed E-state index contributed by atoms with van der Waals surface area (Å²) in [7, 11) is 0. The Morgan fingerprint density at radius 3 is 2.69 bits per heavy atom. The van der Waals surface area contributed by atoms with Gasteiger partial charge in [-0.15, -0.1) is 0 Å². The van der Waals surface area contributed by atoms with E-state index < -0.39 is 0 Å². The molecule has 2 aliphatic rings. The molecule has 0 aromatic rings. The minimum absolute atomic E-state index is 0.0992. The highest BCUT2D eigenvalue weighted by atomic mass is 16.5. The number of urea groups is 1. The average molecular weight is 227 g/mol. The summed E-state index contributed by atoms with van der Waals surface area (Å²) in [6, 6.07) is 0.313. The van der Waals surface area contributed by atoms with Crippen molar-refractivity contribution < 1.29 is 9.53 Å². The third-order valence-corrected chi connectivity index (χ3v) is 3.40. The second-order valence-electron chi connectivity index (χ2n) is 4.73. The van der Waals surface area contributed by atoms with E-state index in [-0.39, 0.29) is 24.2 Å². The first kappa shape index (κ1) is 11.7. The number of ether oxygens (including phenoxy) is 1. The highest BCUT2D eigenvalue weighted by Gasteiger charge is 2.24. The Morgan fingerprint density at radius 1 is 1.19 bits per heavy atom. The molecule has 1 saturated carbocycles. The van der Waals surface area contributed by atoms with Crippen LogP contribution in [0.2, 0.25) is 0 Å². The summed E-state index contributed by atoms with van der Waals surface area (Å²) in [4.78, 5) is 11.7. The number of carbonyl (C=O) groups excluding carboxylic acids is 1. The maximum absolute atomic E-state index is 11.7. The second kappa shape index (κ2) is 5.50. The first-order chi connectivity index (χ1) is 7.75. The van der Waals surface area contributed by atoms with Gasteiger partial charge in [-0.2, -0.15) is 0 Å². The Balaban J connectivity index is 1.72. The molecule has 2 fully saturated rings. The van der Waals surface area contributed by atoms with Crippen molar-refractivity contribution in [1.82, 2.24) is 10.6 Å². The average Bonchev–Trinajstić information content (AvgIpc) is 2.74. The number of carbonyl (C=O) groups is 1. The quantitative estimate of drug-likeness (QED) is 0.637. The maximum atomic E-state index is 11.7. The second-order valence-corrected chi connectivity index (χ2v) is 4.73. The summed E-state index contributed by atoms with van der Waals surface area (Å²) in [5.41, 5.74) is 5.97. The zero-order chi connectivity index (χ0) is 11.4. The standard InChI is InChI=1S/C11H21N3O2/c12-9-3-1-2-4-10(9)14-11(15)13-8-5-6-16-7-8/h8-10H,1-7,12H2,(H2,13,14,15). The van der Waals surface area contributed by atoms with Crippen molar-refractivity contribution in [2.75, 3.05) is 13.2 Å². The fourth-order valence-electron chi connectivity index (χ4n) is 2.38. The lowest BCUT2D eigenvalue weighted by Gasteiger charge is -2.29. The van der Waals surface area contributed by atoms with Crippen LogP contribution in [0.1, 0.15) is 32.1 Å². The number of nitrogens with two attached hydrogens (primary N) is 1. The molecule has 1 saturated heterocycles. The van der Waals surface area contributed by atoms with Crippen molar-refractivity contribution in [3.05, 3.63) is 0 Å². The lowest BCUT2D eigenvalue weighted by molar-refractivity contribution is 0.187. The van der Waals surface area contributed by atoms with Crippen LogP contribution >= 0.6 is 0 Å². The Morgan fingerprint density at radius 2 is 2.00 bits per heavy atom. The maximum Gasteiger partial charge on any atom is 0.315 e. The lowest BCUT2D eigenvalue weighted by Crippen LogP contribution is -2.53. The molecule has 5 heteroatoms. The van der Waals surface area contributed by atoms with Crippen LogP contribution in [-0.4, -0.2) is 37.4 Å². The molecule has 5 nitrogen and oxygen atoms in total. The van der Waals surface area contributed by atoms with Crippen LogP contribution in [0.3, 0.4) is 0 Å². The van der Waals surface area contributed by atoms with Crippen molar-refractivity contribution >= 4 is 6.03 Å². The van der Waals surface area contributed by atoms with Gasteiger partial charge in [0.05, 0.1) is 12.6 Å². The lowest BCUT2D eigenvalue weighted by atomic mass is 9.91. The highest BCUT2D eigenvalue weighted by Crippen LogP contribution is 2.16. The molecule has 16 heavy (non-hydrogen) atoms. The van der Waals surface area contributed by atoms with E-state index in [0.717, 1.165) is 32.3 Å². The summed E-state index contributed by atoms with van der Waals surface area (Å²) in [5.74, 6) is 0. The van der Waals surface area contributed by atoms with Crippen LogP contribution in [0.4, 0.5) is 4.79 Å². The molecule has 2 rings (SSSR count). The predicted octanol–water partition coefficient (Wildman–Crippen LogP) is 0.344. The van der Waals surface area contributed by atoms with Gasteiger partial charge in [-0.1, -0.05) is 12.8 Å². The van der Waals surface area contributed by atoms with Gasteiger partial charge in [0.25, 0.3) is 0 Å². The van der Waals surface area contributed by atoms with Crippen molar-refractivity contribution in [2.45, 2.75) is 50.2 Å². The topological polar surface area (TPSA) is 76.4 Å². The summed E-state index contributed by atoms with van der Waals surface area (Å²) in [6.07, 6.45) is 5.25. The molecular weight excluding hydrogens is 206 g/mol. The van der Waals surface area contributed by atoms with Crippen molar-refractivity contribution in [1.29, 1.82) is 0 Å². The van der Waals surface area contributed by atoms with Crippen LogP contribution in [0.25, 0.3) is 0 Å². The third kappa shape index (κ3) is 3.09. The Kier molecular flexibility index (Phi) is 4.01. The smallest absolute Gasteiger partial charge is 0.315 e. The SMILES string of the molecule is NC1CCCCC1NC(=O)NC1CCOC1. The predicted molar refractivity (Wildman–Crippen MR) is 61.1 cm³/mol. The van der Waals surface area contributed by atoms with Crippen molar-refractivity contribution in [3.63, 3.8) is 0 Å². The van der Waals surface area contributed by atoms with Crippen LogP contribution in [0, 0.1) is 0 Å². The fourth-order valence-corrected chi connectivity index (χ4v) is 2.38. The number of nitrogens with one attached hydrogen (secondary N) is 2. The summed E-state index contributed by atoms with van der Waals surface area (Å²) in [6.45, 7) is 1.37. The molecule has 0 aromatic heterocycles. The molecule has 92 valence electrons. The van der Waals surface area contributed by atoms with E-state index >= 15 is 0 Å². The summed E-state index contributed by atoms with van der Waals surface area (Å²) in [5, 5.41) is 5.88. The van der Waals surface area contributed by atoms with Gasteiger partial charge >= 0.3 is 6.03 Å². The molecule has 1 aliphatic heterocycles. The number of hydrogen-bond acceptors (Lipinski definition) is 3. The van der Waals surface area contributed by atoms with E-state index in [0.29, 0.717) is 6.61 Å². The van der Waals surface area contributed by atoms with E-state index in [1.165, 1.54) is 6.42 Å². The molecule has 4 N–H and O–H groups in total. The first-order valence-electron chi connectivity index (χ1n) is 6.16. The number of amides is 2. The van der Waals surface area contributed by atoms with E-state index in [9.17, 15) is 4.79 Å². The van der Waals surface area contributed by atoms with E-state index in [4.69, 9.17) is 10.5 Å². The monoisotopic (exact) mass is 227 g/mol. The van der Waals surface area contributed by atoms with Crippen LogP contribution < -0.4 is 16.4 Å². The van der Waals surface area contributed by atoms with Crippen molar-refractivity contribution in [3.8, 4) is 0 Å². The van der Waals surface area contributed by atoms with Gasteiger partial charge in [-0.3, -0.25) is 0 Å². The number of rotatable bonds is 2. The fraction of sp³-hybridized carbons (Fsp3) is 0.909. The molecular formula is C11H21N3O2. The van der Waals surface area contributed by atoms with E-state index in [1.54, 1.807) is 0 Å². The molecule has 3 atom stereocenters. The molecule has 3 unspecified atom stereocenters. The normalized spacial score (nSPS) is 34.7. The molecule has 1 aliphatic carbocycles. The Bertz CT molecular complexity index is 241.